The van der Waals surface area contributed by atoms with E-state index in [1.165, 1.54) is 6.07 Å². The van der Waals surface area contributed by atoms with Gasteiger partial charge < -0.3 is 0 Å². The van der Waals surface area contributed by atoms with Gasteiger partial charge in [-0.2, -0.15) is 0 Å². The van der Waals surface area contributed by atoms with Crippen LogP contribution in [-0.4, -0.2) is 6.18 Å². The molecule has 0 aromatic heterocycles. The number of rotatable bonds is 0. The van der Waals surface area contributed by atoms with Crippen molar-refractivity contribution < 1.29 is 16.2 Å². The van der Waals surface area contributed by atoms with Crippen molar-refractivity contribution >= 4 is 28.0 Å². The van der Waals surface area contributed by atoms with Gasteiger partial charge in [-0.05, 0) is 0 Å². The quantitative estimate of drug-likeness (QED) is 0.636. The van der Waals surface area contributed by atoms with Crippen molar-refractivity contribution in [2.24, 2.45) is 0 Å². The Morgan fingerprint density at radius 3 is 2.53 bits per heavy atom. The molecule has 15 heavy (non-hydrogen) atoms. The molecule has 0 radical (unpaired) electrons. The molecule has 0 amide bonds. The van der Waals surface area contributed by atoms with Gasteiger partial charge in [-0.25, -0.2) is 0 Å². The summed E-state index contributed by atoms with van der Waals surface area (Å²) >= 11 is -2.60. The average molecular weight is 351 g/mol. The second kappa shape index (κ2) is 3.49. The van der Waals surface area contributed by atoms with Crippen molar-refractivity contribution in [2.45, 2.75) is 18.7 Å². The summed E-state index contributed by atoms with van der Waals surface area (Å²) in [5, 5.41) is 0. The normalized spacial score (nSPS) is 27.9. The predicted octanol–water partition coefficient (Wildman–Crippen LogP) is 4.24. The Kier molecular flexibility index (Phi) is 2.67. The van der Waals surface area contributed by atoms with E-state index in [0.29, 0.717) is 3.57 Å². The van der Waals surface area contributed by atoms with E-state index in [0.717, 1.165) is 6.92 Å². The van der Waals surface area contributed by atoms with E-state index in [1.807, 2.05) is 0 Å². The van der Waals surface area contributed by atoms with Crippen LogP contribution in [0.2, 0.25) is 0 Å². The van der Waals surface area contributed by atoms with Crippen LogP contribution < -0.4 is 0 Å². The summed E-state index contributed by atoms with van der Waals surface area (Å²) < 4.78 is 44.0. The molecule has 1 aliphatic rings. The molecule has 0 spiro atoms. The van der Waals surface area contributed by atoms with Gasteiger partial charge in [0.2, 0.25) is 0 Å². The zero-order valence-corrected chi connectivity index (χ0v) is 10.5. The van der Waals surface area contributed by atoms with Gasteiger partial charge in [0.05, 0.1) is 0 Å². The fourth-order valence-electron chi connectivity index (χ4n) is 1.39. The molecule has 1 aromatic rings. The van der Waals surface area contributed by atoms with Crippen LogP contribution in [0.5, 0.6) is 0 Å². The Labute approximate surface area is 96.2 Å². The summed E-state index contributed by atoms with van der Waals surface area (Å²) in [6.07, 6.45) is -4.43. The molecule has 0 saturated carbocycles. The van der Waals surface area contributed by atoms with E-state index in [2.05, 4.69) is 0 Å². The van der Waals surface area contributed by atoms with Gasteiger partial charge in [0.1, 0.15) is 0 Å². The third kappa shape index (κ3) is 1.64. The van der Waals surface area contributed by atoms with E-state index in [1.54, 1.807) is 18.2 Å². The summed E-state index contributed by atoms with van der Waals surface area (Å²) in [5.74, 6) is 0. The van der Waals surface area contributed by atoms with Crippen LogP contribution in [0.15, 0.2) is 24.3 Å². The minimum atomic E-state index is -4.43. The third-order valence-electron chi connectivity index (χ3n) is 2.31. The maximum absolute atomic E-state index is 12.8. The first kappa shape index (κ1) is 11.5. The van der Waals surface area contributed by atoms with Crippen molar-refractivity contribution in [1.82, 2.24) is 0 Å². The third-order valence-corrected chi connectivity index (χ3v) is 6.86. The zero-order valence-electron chi connectivity index (χ0n) is 7.61. The molecule has 0 aliphatic carbocycles. The van der Waals surface area contributed by atoms with Crippen molar-refractivity contribution in [3.8, 4) is 0 Å². The Balaban J connectivity index is 2.58. The first-order valence-corrected chi connectivity index (χ1v) is 8.78. The molecule has 1 aliphatic heterocycles. The first-order chi connectivity index (χ1) is 6.86. The van der Waals surface area contributed by atoms with E-state index in [9.17, 15) is 13.2 Å². The molecule has 1 atom stereocenters. The molecule has 6 heteroatoms. The summed E-state index contributed by atoms with van der Waals surface area (Å²) in [5.41, 5.74) is -2.06. The summed E-state index contributed by atoms with van der Waals surface area (Å²) in [4.78, 5) is 0. The molecular weight excluding hydrogens is 343 g/mol. The van der Waals surface area contributed by atoms with Gasteiger partial charge in [0, 0.05) is 0 Å². The van der Waals surface area contributed by atoms with Crippen LogP contribution >= 0.6 is 28.0 Å². The molecule has 2 rings (SSSR count). The SMILES string of the molecule is CC1(C(F)(F)F)OI(Cl)c2ccccc21. The van der Waals surface area contributed by atoms with Crippen LogP contribution in [0, 0.1) is 3.57 Å². The predicted molar refractivity (Wildman–Crippen MR) is 59.5 cm³/mol. The number of hydrogen-bond acceptors (Lipinski definition) is 1. The Hall–Kier alpha value is -0.0100. The molecule has 1 unspecified atom stereocenters. The second-order valence-corrected chi connectivity index (χ2v) is 7.82. The van der Waals surface area contributed by atoms with Crippen LogP contribution in [-0.2, 0) is 8.67 Å². The fraction of sp³-hybridized carbons (Fsp3) is 0.333. The standard InChI is InChI=1S/C9H7ClF3IO/c1-8(9(11,12)13)6-4-2-3-5-7(6)14(10)15-8/h2-5H,1H3. The monoisotopic (exact) mass is 350 g/mol. The first-order valence-electron chi connectivity index (χ1n) is 4.08. The van der Waals surface area contributed by atoms with E-state index >= 15 is 0 Å². The van der Waals surface area contributed by atoms with Crippen LogP contribution in [0.3, 0.4) is 0 Å². The second-order valence-electron chi connectivity index (χ2n) is 3.29. The summed E-state index contributed by atoms with van der Waals surface area (Å²) in [7, 11) is 5.87. The van der Waals surface area contributed by atoms with Crippen molar-refractivity contribution in [3.05, 3.63) is 33.4 Å². The summed E-state index contributed by atoms with van der Waals surface area (Å²) in [6, 6.07) is 6.29. The van der Waals surface area contributed by atoms with Crippen molar-refractivity contribution in [1.29, 1.82) is 0 Å². The number of fused-ring (bicyclic) bond motifs is 1. The molecular formula is C9H7ClF3IO. The van der Waals surface area contributed by atoms with E-state index in [4.69, 9.17) is 12.0 Å². The maximum atomic E-state index is 12.8. The van der Waals surface area contributed by atoms with Crippen LogP contribution in [0.1, 0.15) is 12.5 Å². The van der Waals surface area contributed by atoms with Gasteiger partial charge in [-0.15, -0.1) is 0 Å². The van der Waals surface area contributed by atoms with Gasteiger partial charge in [-0.3, -0.25) is 0 Å². The van der Waals surface area contributed by atoms with Crippen molar-refractivity contribution in [3.63, 3.8) is 0 Å². The van der Waals surface area contributed by atoms with Crippen LogP contribution in [0.4, 0.5) is 13.2 Å². The molecule has 0 N–H and O–H groups in total. The molecule has 0 bridgehead atoms. The van der Waals surface area contributed by atoms with Gasteiger partial charge in [-0.1, -0.05) is 0 Å². The van der Waals surface area contributed by atoms with Gasteiger partial charge >= 0.3 is 96.4 Å². The summed E-state index contributed by atoms with van der Waals surface area (Å²) in [6.45, 7) is 1.03. The molecule has 1 nitrogen and oxygen atoms in total. The van der Waals surface area contributed by atoms with Crippen molar-refractivity contribution in [2.75, 3.05) is 0 Å². The zero-order chi connectivity index (χ0) is 11.3. The number of alkyl halides is 3. The number of benzene rings is 1. The molecule has 1 aromatic carbocycles. The Bertz CT molecular complexity index is 395. The molecule has 84 valence electrons. The number of halogens is 5. The Morgan fingerprint density at radius 1 is 1.33 bits per heavy atom. The molecule has 1 heterocycles. The molecule has 0 fully saturated rings. The Morgan fingerprint density at radius 2 is 1.93 bits per heavy atom. The minimum absolute atomic E-state index is 0.165. The van der Waals surface area contributed by atoms with Crippen LogP contribution in [0.25, 0.3) is 0 Å². The van der Waals surface area contributed by atoms with E-state index < -0.39 is 30.9 Å². The van der Waals surface area contributed by atoms with Gasteiger partial charge in [0.25, 0.3) is 0 Å². The topological polar surface area (TPSA) is 9.23 Å². The van der Waals surface area contributed by atoms with Gasteiger partial charge in [0.15, 0.2) is 0 Å². The average Bonchev–Trinajstić information content (AvgIpc) is 2.41. The number of hydrogen-bond donors (Lipinski definition) is 0. The van der Waals surface area contributed by atoms with E-state index in [-0.39, 0.29) is 5.56 Å². The molecule has 0 saturated heterocycles. The fourth-order valence-corrected chi connectivity index (χ4v) is 6.15.